The van der Waals surface area contributed by atoms with Gasteiger partial charge in [-0.1, -0.05) is 30.3 Å². The van der Waals surface area contributed by atoms with Crippen molar-refractivity contribution < 1.29 is 9.59 Å². The van der Waals surface area contributed by atoms with Gasteiger partial charge in [0.15, 0.2) is 5.82 Å². The number of hydrogen-bond donors (Lipinski definition) is 1. The van der Waals surface area contributed by atoms with E-state index in [1.807, 2.05) is 23.1 Å². The molecule has 0 radical (unpaired) electrons. The lowest BCUT2D eigenvalue weighted by Gasteiger charge is -2.47. The third-order valence-electron chi connectivity index (χ3n) is 5.62. The summed E-state index contributed by atoms with van der Waals surface area (Å²) in [6, 6.07) is 10.6. The van der Waals surface area contributed by atoms with Gasteiger partial charge in [0.05, 0.1) is 0 Å². The van der Waals surface area contributed by atoms with E-state index in [0.29, 0.717) is 31.3 Å². The van der Waals surface area contributed by atoms with E-state index in [4.69, 9.17) is 0 Å². The fourth-order valence-electron chi connectivity index (χ4n) is 4.25. The minimum atomic E-state index is -0.0406. The number of benzene rings is 1. The number of imidazole rings is 1. The van der Waals surface area contributed by atoms with Crippen LogP contribution in [0.3, 0.4) is 0 Å². The van der Waals surface area contributed by atoms with Gasteiger partial charge in [0, 0.05) is 44.5 Å². The summed E-state index contributed by atoms with van der Waals surface area (Å²) in [6.45, 7) is 2.14. The van der Waals surface area contributed by atoms with E-state index in [0.717, 1.165) is 25.8 Å². The van der Waals surface area contributed by atoms with Gasteiger partial charge in [-0.05, 0) is 30.7 Å². The Labute approximate surface area is 153 Å². The number of aromatic nitrogens is 2. The fourth-order valence-corrected chi connectivity index (χ4v) is 4.25. The lowest BCUT2D eigenvalue weighted by molar-refractivity contribution is -0.140. The first-order valence-corrected chi connectivity index (χ1v) is 9.34. The van der Waals surface area contributed by atoms with Gasteiger partial charge >= 0.3 is 0 Å². The molecule has 4 rings (SSSR count). The van der Waals surface area contributed by atoms with E-state index < -0.39 is 0 Å². The second-order valence-electron chi connectivity index (χ2n) is 7.17. The predicted octanol–water partition coefficient (Wildman–Crippen LogP) is 2.11. The van der Waals surface area contributed by atoms with Crippen molar-refractivity contribution in [2.24, 2.45) is 5.92 Å². The number of amides is 2. The Balaban J connectivity index is 1.41. The molecule has 2 saturated heterocycles. The van der Waals surface area contributed by atoms with E-state index >= 15 is 0 Å². The minimum Gasteiger partial charge on any atom is -0.341 e. The summed E-state index contributed by atoms with van der Waals surface area (Å²) in [4.78, 5) is 36.0. The van der Waals surface area contributed by atoms with Crippen molar-refractivity contribution in [1.29, 1.82) is 0 Å². The molecule has 2 aromatic rings. The quantitative estimate of drug-likeness (QED) is 0.916. The number of likely N-dealkylation sites (tertiary alicyclic amines) is 2. The zero-order chi connectivity index (χ0) is 17.9. The highest BCUT2D eigenvalue weighted by Crippen LogP contribution is 2.31. The smallest absolute Gasteiger partial charge is 0.289 e. The van der Waals surface area contributed by atoms with Gasteiger partial charge in [-0.2, -0.15) is 0 Å². The average molecular weight is 352 g/mol. The molecule has 136 valence electrons. The van der Waals surface area contributed by atoms with E-state index in [1.165, 1.54) is 5.56 Å². The van der Waals surface area contributed by atoms with E-state index in [1.54, 1.807) is 12.4 Å². The molecule has 1 aromatic heterocycles. The Hall–Kier alpha value is -2.63. The van der Waals surface area contributed by atoms with Crippen LogP contribution in [0.15, 0.2) is 42.7 Å². The van der Waals surface area contributed by atoms with Gasteiger partial charge in [0.1, 0.15) is 0 Å². The molecule has 1 N–H and O–H groups in total. The van der Waals surface area contributed by atoms with Crippen LogP contribution in [0.2, 0.25) is 0 Å². The third-order valence-corrected chi connectivity index (χ3v) is 5.62. The number of piperidine rings is 2. The Morgan fingerprint density at radius 3 is 2.85 bits per heavy atom. The van der Waals surface area contributed by atoms with Crippen LogP contribution in [0.5, 0.6) is 0 Å². The summed E-state index contributed by atoms with van der Waals surface area (Å²) < 4.78 is 0. The lowest BCUT2D eigenvalue weighted by Crippen LogP contribution is -2.57. The van der Waals surface area contributed by atoms with Gasteiger partial charge < -0.3 is 14.8 Å². The number of hydrogen-bond acceptors (Lipinski definition) is 3. The van der Waals surface area contributed by atoms with Gasteiger partial charge in [-0.15, -0.1) is 0 Å². The second kappa shape index (κ2) is 7.32. The van der Waals surface area contributed by atoms with Gasteiger partial charge in [-0.3, -0.25) is 9.59 Å². The molecule has 3 heterocycles. The summed E-state index contributed by atoms with van der Waals surface area (Å²) in [7, 11) is 0. The molecule has 2 aliphatic rings. The molecular formula is C20H24N4O2. The summed E-state index contributed by atoms with van der Waals surface area (Å²) in [5.74, 6) is 0.974. The molecule has 2 atom stereocenters. The number of nitrogens with one attached hydrogen (secondary N) is 1. The lowest BCUT2D eigenvalue weighted by atomic mass is 9.83. The van der Waals surface area contributed by atoms with Crippen molar-refractivity contribution in [1.82, 2.24) is 19.8 Å². The molecule has 0 aliphatic carbocycles. The monoisotopic (exact) mass is 352 g/mol. The zero-order valence-electron chi connectivity index (χ0n) is 14.8. The summed E-state index contributed by atoms with van der Waals surface area (Å²) in [6.07, 6.45) is 6.45. The number of aromatic amines is 1. The molecule has 2 amide bonds. The Morgan fingerprint density at radius 2 is 2.08 bits per heavy atom. The van der Waals surface area contributed by atoms with E-state index in [9.17, 15) is 9.59 Å². The van der Waals surface area contributed by atoms with Crippen LogP contribution in [0.1, 0.15) is 35.4 Å². The normalized spacial score (nSPS) is 23.0. The van der Waals surface area contributed by atoms with Gasteiger partial charge in [-0.25, -0.2) is 4.98 Å². The van der Waals surface area contributed by atoms with E-state index in [2.05, 4.69) is 27.0 Å². The molecule has 26 heavy (non-hydrogen) atoms. The number of rotatable bonds is 4. The topological polar surface area (TPSA) is 69.3 Å². The van der Waals surface area contributed by atoms with Crippen LogP contribution >= 0.6 is 0 Å². The predicted molar refractivity (Wildman–Crippen MR) is 97.5 cm³/mol. The third kappa shape index (κ3) is 3.36. The van der Waals surface area contributed by atoms with E-state index in [-0.39, 0.29) is 17.9 Å². The molecule has 1 aromatic carbocycles. The molecule has 6 nitrogen and oxygen atoms in total. The van der Waals surface area contributed by atoms with Crippen molar-refractivity contribution in [3.8, 4) is 0 Å². The number of fused-ring (bicyclic) bond motifs is 1. The maximum atomic E-state index is 12.5. The molecule has 2 fully saturated rings. The highest BCUT2D eigenvalue weighted by atomic mass is 16.2. The van der Waals surface area contributed by atoms with Gasteiger partial charge in [0.25, 0.3) is 5.91 Å². The highest BCUT2D eigenvalue weighted by molar-refractivity contribution is 5.90. The minimum absolute atomic E-state index is 0.0406. The largest absolute Gasteiger partial charge is 0.341 e. The molecule has 0 bridgehead atoms. The SMILES string of the molecule is O=C(c1ncc[nH]1)N1CC[C@@H]2[C@@H](CCC(=O)N2CCc2ccccc2)C1. The van der Waals surface area contributed by atoms with Crippen molar-refractivity contribution in [2.75, 3.05) is 19.6 Å². The Kier molecular flexibility index (Phi) is 4.73. The molecular weight excluding hydrogens is 328 g/mol. The van der Waals surface area contributed by atoms with Crippen molar-refractivity contribution in [3.05, 3.63) is 54.1 Å². The van der Waals surface area contributed by atoms with Gasteiger partial charge in [0.2, 0.25) is 5.91 Å². The zero-order valence-corrected chi connectivity index (χ0v) is 14.8. The number of carbonyl (C=O) groups excluding carboxylic acids is 2. The maximum absolute atomic E-state index is 12.5. The molecule has 0 unspecified atom stereocenters. The van der Waals surface area contributed by atoms with Crippen LogP contribution < -0.4 is 0 Å². The second-order valence-corrected chi connectivity index (χ2v) is 7.17. The molecule has 0 saturated carbocycles. The number of carbonyl (C=O) groups is 2. The number of nitrogens with zero attached hydrogens (tertiary/aromatic N) is 3. The average Bonchev–Trinajstić information content (AvgIpc) is 3.22. The highest BCUT2D eigenvalue weighted by Gasteiger charge is 2.40. The van der Waals surface area contributed by atoms with Crippen molar-refractivity contribution in [2.45, 2.75) is 31.7 Å². The molecule has 0 spiro atoms. The maximum Gasteiger partial charge on any atom is 0.289 e. The van der Waals surface area contributed by atoms with Crippen LogP contribution in [0.4, 0.5) is 0 Å². The van der Waals surface area contributed by atoms with Crippen LogP contribution in [-0.4, -0.2) is 57.3 Å². The van der Waals surface area contributed by atoms with Crippen molar-refractivity contribution >= 4 is 11.8 Å². The van der Waals surface area contributed by atoms with Crippen LogP contribution in [0, 0.1) is 5.92 Å². The molecule has 2 aliphatic heterocycles. The van der Waals surface area contributed by atoms with Crippen LogP contribution in [0.25, 0.3) is 0 Å². The standard InChI is InChI=1S/C20H24N4O2/c25-18-7-6-16-14-23(20(26)19-21-10-11-22-19)12-9-17(16)24(18)13-8-15-4-2-1-3-5-15/h1-5,10-11,16-17H,6-9,12-14H2,(H,21,22)/t16-,17+/m0/s1. The number of H-pyrrole nitrogens is 1. The summed E-state index contributed by atoms with van der Waals surface area (Å²) in [5, 5.41) is 0. The first kappa shape index (κ1) is 16.8. The Morgan fingerprint density at radius 1 is 1.23 bits per heavy atom. The Bertz CT molecular complexity index is 759. The van der Waals surface area contributed by atoms with Crippen LogP contribution in [-0.2, 0) is 11.2 Å². The molecule has 6 heteroatoms. The van der Waals surface area contributed by atoms with Crippen molar-refractivity contribution in [3.63, 3.8) is 0 Å². The summed E-state index contributed by atoms with van der Waals surface area (Å²) >= 11 is 0. The first-order valence-electron chi connectivity index (χ1n) is 9.34. The first-order chi connectivity index (χ1) is 12.7. The summed E-state index contributed by atoms with van der Waals surface area (Å²) in [5.41, 5.74) is 1.26. The fraction of sp³-hybridized carbons (Fsp3) is 0.450.